The number of halogens is 3. The summed E-state index contributed by atoms with van der Waals surface area (Å²) in [5.41, 5.74) is 4.54. The lowest BCUT2D eigenvalue weighted by atomic mass is 10.1. The molecule has 0 saturated carbocycles. The first-order chi connectivity index (χ1) is 12.8. The summed E-state index contributed by atoms with van der Waals surface area (Å²) in [5, 5.41) is 0. The minimum absolute atomic E-state index is 0.112. The zero-order valence-electron chi connectivity index (χ0n) is 14.3. The molecule has 0 heterocycles. The summed E-state index contributed by atoms with van der Waals surface area (Å²) in [4.78, 5) is 23.7. The predicted octanol–water partition coefficient (Wildman–Crippen LogP) is 2.69. The van der Waals surface area contributed by atoms with Crippen LogP contribution in [0.15, 0.2) is 48.5 Å². The highest BCUT2D eigenvalue weighted by Gasteiger charge is 2.30. The molecule has 9 heteroatoms. The monoisotopic (exact) mass is 382 g/mol. The van der Waals surface area contributed by atoms with E-state index in [4.69, 9.17) is 9.47 Å². The number of rotatable bonds is 6. The normalized spacial score (nSPS) is 11.0. The Morgan fingerprint density at radius 1 is 1.04 bits per heavy atom. The van der Waals surface area contributed by atoms with E-state index >= 15 is 0 Å². The lowest BCUT2D eigenvalue weighted by Crippen LogP contribution is -2.43. The first-order valence-electron chi connectivity index (χ1n) is 7.76. The molecule has 0 saturated heterocycles. The van der Waals surface area contributed by atoms with Crippen molar-refractivity contribution in [3.8, 4) is 5.75 Å². The van der Waals surface area contributed by atoms with E-state index in [1.165, 1.54) is 19.2 Å². The average molecular weight is 382 g/mol. The molecule has 0 atom stereocenters. The van der Waals surface area contributed by atoms with Crippen LogP contribution in [0.25, 0.3) is 0 Å². The summed E-state index contributed by atoms with van der Waals surface area (Å²) in [6.45, 7) is -0.233. The van der Waals surface area contributed by atoms with Gasteiger partial charge in [0.2, 0.25) is 0 Å². The van der Waals surface area contributed by atoms with E-state index in [2.05, 4.69) is 10.9 Å². The van der Waals surface area contributed by atoms with Gasteiger partial charge in [-0.1, -0.05) is 18.2 Å². The molecule has 27 heavy (non-hydrogen) atoms. The second-order valence-electron chi connectivity index (χ2n) is 5.45. The van der Waals surface area contributed by atoms with E-state index in [1.807, 2.05) is 0 Å². The molecule has 2 aromatic rings. The van der Waals surface area contributed by atoms with Crippen LogP contribution in [0.2, 0.25) is 0 Å². The van der Waals surface area contributed by atoms with Crippen molar-refractivity contribution in [2.24, 2.45) is 0 Å². The first-order valence-corrected chi connectivity index (χ1v) is 7.76. The molecule has 0 bridgehead atoms. The molecule has 2 amide bonds. The third-order valence-corrected chi connectivity index (χ3v) is 3.35. The van der Waals surface area contributed by atoms with Crippen molar-refractivity contribution in [3.63, 3.8) is 0 Å². The molecule has 2 N–H and O–H groups in total. The van der Waals surface area contributed by atoms with Crippen molar-refractivity contribution >= 4 is 11.8 Å². The van der Waals surface area contributed by atoms with Crippen LogP contribution in [0.5, 0.6) is 5.75 Å². The molecule has 0 unspecified atom stereocenters. The minimum atomic E-state index is -4.51. The first kappa shape index (κ1) is 20.2. The maximum absolute atomic E-state index is 12.6. The molecular weight excluding hydrogens is 365 g/mol. The largest absolute Gasteiger partial charge is 0.484 e. The molecule has 0 aromatic heterocycles. The van der Waals surface area contributed by atoms with Crippen LogP contribution in [-0.4, -0.2) is 25.5 Å². The molecule has 0 radical (unpaired) electrons. The van der Waals surface area contributed by atoms with E-state index in [0.29, 0.717) is 12.2 Å². The van der Waals surface area contributed by atoms with Crippen molar-refractivity contribution < 1.29 is 32.2 Å². The maximum atomic E-state index is 12.6. The Balaban J connectivity index is 1.84. The Morgan fingerprint density at radius 3 is 2.48 bits per heavy atom. The van der Waals surface area contributed by atoms with E-state index < -0.39 is 30.2 Å². The second-order valence-corrected chi connectivity index (χ2v) is 5.45. The number of ether oxygens (including phenoxy) is 2. The van der Waals surface area contributed by atoms with Crippen LogP contribution in [0.1, 0.15) is 21.5 Å². The Bertz CT molecular complexity index is 809. The highest BCUT2D eigenvalue weighted by molar-refractivity contribution is 5.95. The van der Waals surface area contributed by atoms with Crippen molar-refractivity contribution in [1.82, 2.24) is 10.9 Å². The topological polar surface area (TPSA) is 76.7 Å². The van der Waals surface area contributed by atoms with Gasteiger partial charge in [0.1, 0.15) is 5.75 Å². The molecule has 0 aliphatic heterocycles. The van der Waals surface area contributed by atoms with E-state index in [-0.39, 0.29) is 5.75 Å². The van der Waals surface area contributed by atoms with Gasteiger partial charge >= 0.3 is 6.18 Å². The van der Waals surface area contributed by atoms with Gasteiger partial charge in [0.05, 0.1) is 12.2 Å². The third-order valence-electron chi connectivity index (χ3n) is 3.35. The van der Waals surface area contributed by atoms with Crippen LogP contribution in [0.3, 0.4) is 0 Å². The number of benzene rings is 2. The highest BCUT2D eigenvalue weighted by atomic mass is 19.4. The average Bonchev–Trinajstić information content (AvgIpc) is 2.64. The molecule has 144 valence electrons. The van der Waals surface area contributed by atoms with Gasteiger partial charge in [-0.05, 0) is 35.9 Å². The van der Waals surface area contributed by atoms with Crippen molar-refractivity contribution in [1.29, 1.82) is 0 Å². The Labute approximate surface area is 153 Å². The molecule has 0 spiro atoms. The standard InChI is InChI=1S/C18H17F3N2O4/c1-26-10-12-4-2-5-13(8-12)17(25)23-22-16(24)11-27-15-7-3-6-14(9-15)18(19,20)21/h2-9H,10-11H2,1H3,(H,22,24)(H,23,25). The van der Waals surface area contributed by atoms with Crippen LogP contribution >= 0.6 is 0 Å². The van der Waals surface area contributed by atoms with Crippen molar-refractivity contribution in [2.75, 3.05) is 13.7 Å². The summed E-state index contributed by atoms with van der Waals surface area (Å²) < 4.78 is 47.9. The Morgan fingerprint density at radius 2 is 1.78 bits per heavy atom. The van der Waals surface area contributed by atoms with Gasteiger partial charge in [-0.25, -0.2) is 0 Å². The lowest BCUT2D eigenvalue weighted by molar-refractivity contribution is -0.137. The number of nitrogens with one attached hydrogen (secondary N) is 2. The molecule has 6 nitrogen and oxygen atoms in total. The number of amides is 2. The van der Waals surface area contributed by atoms with Crippen molar-refractivity contribution in [2.45, 2.75) is 12.8 Å². The van der Waals surface area contributed by atoms with E-state index in [9.17, 15) is 22.8 Å². The van der Waals surface area contributed by atoms with Gasteiger partial charge in [-0.3, -0.25) is 20.4 Å². The fraction of sp³-hybridized carbons (Fsp3) is 0.222. The number of methoxy groups -OCH3 is 1. The fourth-order valence-electron chi connectivity index (χ4n) is 2.11. The molecule has 0 aliphatic carbocycles. The molecular formula is C18H17F3N2O4. The molecule has 2 rings (SSSR count). The van der Waals surface area contributed by atoms with E-state index in [1.54, 1.807) is 24.3 Å². The summed E-state index contributed by atoms with van der Waals surface area (Å²) in [7, 11) is 1.53. The van der Waals surface area contributed by atoms with Crippen LogP contribution in [0, 0.1) is 0 Å². The summed E-state index contributed by atoms with van der Waals surface area (Å²) in [5.74, 6) is -1.40. The highest BCUT2D eigenvalue weighted by Crippen LogP contribution is 2.31. The molecule has 2 aromatic carbocycles. The van der Waals surface area contributed by atoms with Crippen LogP contribution in [-0.2, 0) is 22.3 Å². The zero-order valence-corrected chi connectivity index (χ0v) is 14.3. The lowest BCUT2D eigenvalue weighted by Gasteiger charge is -2.11. The number of carbonyl (C=O) groups is 2. The van der Waals surface area contributed by atoms with E-state index in [0.717, 1.165) is 17.7 Å². The smallest absolute Gasteiger partial charge is 0.416 e. The number of carbonyl (C=O) groups excluding carboxylic acids is 2. The minimum Gasteiger partial charge on any atom is -0.484 e. The Hall–Kier alpha value is -3.07. The second kappa shape index (κ2) is 9.04. The number of hydrazine groups is 1. The maximum Gasteiger partial charge on any atom is 0.416 e. The number of hydrogen-bond acceptors (Lipinski definition) is 4. The SMILES string of the molecule is COCc1cccc(C(=O)NNC(=O)COc2cccc(C(F)(F)F)c2)c1. The Kier molecular flexibility index (Phi) is 6.78. The van der Waals surface area contributed by atoms with Gasteiger partial charge in [0.25, 0.3) is 11.8 Å². The zero-order chi connectivity index (χ0) is 19.9. The van der Waals surface area contributed by atoms with Gasteiger partial charge in [-0.2, -0.15) is 13.2 Å². The van der Waals surface area contributed by atoms with Crippen LogP contribution < -0.4 is 15.6 Å². The predicted molar refractivity (Wildman–Crippen MR) is 89.7 cm³/mol. The molecule has 0 aliphatic rings. The number of alkyl halides is 3. The number of hydrogen-bond donors (Lipinski definition) is 2. The summed E-state index contributed by atoms with van der Waals surface area (Å²) in [6.07, 6.45) is -4.51. The van der Waals surface area contributed by atoms with Crippen molar-refractivity contribution in [3.05, 3.63) is 65.2 Å². The fourth-order valence-corrected chi connectivity index (χ4v) is 2.11. The molecule has 0 fully saturated rings. The van der Waals surface area contributed by atoms with Gasteiger partial charge in [0, 0.05) is 12.7 Å². The quantitative estimate of drug-likeness (QED) is 0.754. The van der Waals surface area contributed by atoms with Crippen LogP contribution in [0.4, 0.5) is 13.2 Å². The van der Waals surface area contributed by atoms with Gasteiger partial charge < -0.3 is 9.47 Å². The van der Waals surface area contributed by atoms with Gasteiger partial charge in [0.15, 0.2) is 6.61 Å². The summed E-state index contributed by atoms with van der Waals surface area (Å²) in [6, 6.07) is 10.7. The third kappa shape index (κ3) is 6.30. The summed E-state index contributed by atoms with van der Waals surface area (Å²) >= 11 is 0. The van der Waals surface area contributed by atoms with Gasteiger partial charge in [-0.15, -0.1) is 0 Å².